The van der Waals surface area contributed by atoms with Gasteiger partial charge in [-0.05, 0) is 62.3 Å². The lowest BCUT2D eigenvalue weighted by Crippen LogP contribution is -2.35. The molecule has 0 radical (unpaired) electrons. The number of allylic oxidation sites excluding steroid dienone is 2. The van der Waals surface area contributed by atoms with Crippen LogP contribution >= 0.6 is 0 Å². The van der Waals surface area contributed by atoms with Gasteiger partial charge in [0.2, 0.25) is 0 Å². The number of hydrogen-bond acceptors (Lipinski definition) is 8. The molecule has 5 rings (SSSR count). The molecule has 1 unspecified atom stereocenters. The fourth-order valence-electron chi connectivity index (χ4n) is 4.24. The lowest BCUT2D eigenvalue weighted by atomic mass is 10.1. The average molecular weight is 532 g/mol. The highest BCUT2D eigenvalue weighted by Gasteiger charge is 2.32. The highest BCUT2D eigenvalue weighted by atomic mass is 32.2. The Kier molecular flexibility index (Phi) is 6.73. The molecular formula is C24H24F3N7O2S. The van der Waals surface area contributed by atoms with Crippen LogP contribution in [0.4, 0.5) is 18.9 Å². The smallest absolute Gasteiger partial charge is 0.353 e. The van der Waals surface area contributed by atoms with Crippen LogP contribution in [0.15, 0.2) is 64.1 Å². The first-order chi connectivity index (χ1) is 17.7. The van der Waals surface area contributed by atoms with Crippen LogP contribution in [0.25, 0.3) is 17.1 Å². The van der Waals surface area contributed by atoms with Gasteiger partial charge in [-0.25, -0.2) is 13.4 Å². The number of sulfone groups is 1. The van der Waals surface area contributed by atoms with Crippen LogP contribution in [0.5, 0.6) is 0 Å². The zero-order valence-electron chi connectivity index (χ0n) is 19.5. The SMILES string of the molecule is O=S(=O)(c1ccc(NC2N=CC(/C=C/c3cc(C(F)(F)F)cc4n[nH]nc34)=CN2)cc1)C1CCNCC1. The molecule has 0 saturated carbocycles. The highest BCUT2D eigenvalue weighted by Crippen LogP contribution is 2.32. The fraction of sp³-hybridized carbons (Fsp3) is 0.292. The molecule has 0 aliphatic carbocycles. The third-order valence-corrected chi connectivity index (χ3v) is 8.50. The van der Waals surface area contributed by atoms with Crippen molar-refractivity contribution in [3.8, 4) is 0 Å². The number of anilines is 1. The van der Waals surface area contributed by atoms with Crippen molar-refractivity contribution in [2.75, 3.05) is 18.4 Å². The van der Waals surface area contributed by atoms with Crippen molar-refractivity contribution < 1.29 is 21.6 Å². The van der Waals surface area contributed by atoms with Crippen molar-refractivity contribution in [1.29, 1.82) is 0 Å². The molecule has 4 N–H and O–H groups in total. The molecular weight excluding hydrogens is 507 g/mol. The maximum absolute atomic E-state index is 13.2. The molecule has 1 aromatic heterocycles. The zero-order chi connectivity index (χ0) is 26.0. The van der Waals surface area contributed by atoms with Gasteiger partial charge in [-0.2, -0.15) is 28.6 Å². The van der Waals surface area contributed by atoms with Gasteiger partial charge >= 0.3 is 6.18 Å². The van der Waals surface area contributed by atoms with E-state index in [0.717, 1.165) is 12.1 Å². The second-order valence-corrected chi connectivity index (χ2v) is 11.0. The van der Waals surface area contributed by atoms with Gasteiger partial charge in [0.25, 0.3) is 0 Å². The number of aromatic amines is 1. The summed E-state index contributed by atoms with van der Waals surface area (Å²) in [7, 11) is -3.37. The Morgan fingerprint density at radius 3 is 2.46 bits per heavy atom. The molecule has 194 valence electrons. The Morgan fingerprint density at radius 1 is 1.03 bits per heavy atom. The quantitative estimate of drug-likeness (QED) is 0.384. The summed E-state index contributed by atoms with van der Waals surface area (Å²) < 4.78 is 65.4. The predicted molar refractivity (Wildman–Crippen MR) is 135 cm³/mol. The normalized spacial score (nSPS) is 19.2. The Morgan fingerprint density at radius 2 is 1.78 bits per heavy atom. The van der Waals surface area contributed by atoms with Gasteiger partial charge < -0.3 is 16.0 Å². The van der Waals surface area contributed by atoms with Gasteiger partial charge in [-0.1, -0.05) is 12.2 Å². The lowest BCUT2D eigenvalue weighted by Gasteiger charge is -2.23. The van der Waals surface area contributed by atoms with Gasteiger partial charge in [-0.3, -0.25) is 0 Å². The van der Waals surface area contributed by atoms with Crippen LogP contribution in [-0.2, 0) is 16.0 Å². The van der Waals surface area contributed by atoms with Crippen molar-refractivity contribution in [2.24, 2.45) is 4.99 Å². The van der Waals surface area contributed by atoms with Gasteiger partial charge in [0, 0.05) is 29.2 Å². The van der Waals surface area contributed by atoms with Crippen molar-refractivity contribution in [3.05, 3.63) is 65.4 Å². The third-order valence-electron chi connectivity index (χ3n) is 6.23. The molecule has 1 fully saturated rings. The Bertz CT molecular complexity index is 1470. The summed E-state index contributed by atoms with van der Waals surface area (Å²) >= 11 is 0. The summed E-state index contributed by atoms with van der Waals surface area (Å²) in [5, 5.41) is 19.1. The Hall–Kier alpha value is -3.71. The van der Waals surface area contributed by atoms with Crippen LogP contribution in [0.3, 0.4) is 0 Å². The number of alkyl halides is 3. The summed E-state index contributed by atoms with van der Waals surface area (Å²) in [6.45, 7) is 1.40. The molecule has 37 heavy (non-hydrogen) atoms. The molecule has 13 heteroatoms. The first-order valence-corrected chi connectivity index (χ1v) is 13.2. The molecule has 0 bridgehead atoms. The number of nitrogens with one attached hydrogen (secondary N) is 4. The first kappa shape index (κ1) is 25.0. The summed E-state index contributed by atoms with van der Waals surface area (Å²) in [6.07, 6.45) is 2.59. The number of nitrogens with zero attached hydrogens (tertiary/aromatic N) is 3. The van der Waals surface area contributed by atoms with Gasteiger partial charge in [0.1, 0.15) is 11.0 Å². The number of aliphatic imine (C=N–C) groups is 1. The lowest BCUT2D eigenvalue weighted by molar-refractivity contribution is -0.137. The van der Waals surface area contributed by atoms with E-state index in [4.69, 9.17) is 0 Å². The summed E-state index contributed by atoms with van der Waals surface area (Å²) in [5.74, 6) is 0. The molecule has 2 aliphatic heterocycles. The molecule has 0 spiro atoms. The molecule has 2 aromatic carbocycles. The molecule has 0 amide bonds. The molecule has 2 aliphatic rings. The number of fused-ring (bicyclic) bond motifs is 1. The third kappa shape index (κ3) is 5.52. The van der Waals surface area contributed by atoms with Crippen LogP contribution in [0.2, 0.25) is 0 Å². The fourth-order valence-corrected chi connectivity index (χ4v) is 5.99. The number of hydrogen-bond donors (Lipinski definition) is 4. The van der Waals surface area contributed by atoms with Crippen molar-refractivity contribution in [1.82, 2.24) is 26.0 Å². The number of piperidine rings is 1. The highest BCUT2D eigenvalue weighted by molar-refractivity contribution is 7.92. The second kappa shape index (κ2) is 9.98. The van der Waals surface area contributed by atoms with Crippen molar-refractivity contribution >= 4 is 38.8 Å². The van der Waals surface area contributed by atoms with Crippen LogP contribution in [0, 0.1) is 0 Å². The number of benzene rings is 2. The first-order valence-electron chi connectivity index (χ1n) is 11.6. The standard InChI is InChI=1S/C24H24F3N7O2S/c25-24(26,27)17-11-16(22-21(12-17)32-34-33-22)2-1-15-13-29-23(30-14-15)31-18-3-5-19(6-4-18)37(35,36)20-7-9-28-10-8-20/h1-6,11-14,20,23,28-29,31H,7-10H2,(H,32,33,34)/b2-1+. The van der Waals surface area contributed by atoms with Gasteiger partial charge in [0.05, 0.1) is 15.7 Å². The minimum atomic E-state index is -4.50. The van der Waals surface area contributed by atoms with E-state index in [1.54, 1.807) is 42.8 Å². The monoisotopic (exact) mass is 531 g/mol. The average Bonchev–Trinajstić information content (AvgIpc) is 3.38. The van der Waals surface area contributed by atoms with E-state index in [1.165, 1.54) is 6.08 Å². The van der Waals surface area contributed by atoms with E-state index >= 15 is 0 Å². The van der Waals surface area contributed by atoms with Crippen LogP contribution in [0.1, 0.15) is 24.0 Å². The summed E-state index contributed by atoms with van der Waals surface area (Å²) in [4.78, 5) is 4.67. The zero-order valence-corrected chi connectivity index (χ0v) is 20.3. The molecule has 3 aromatic rings. The van der Waals surface area contributed by atoms with E-state index in [9.17, 15) is 21.6 Å². The number of aromatic nitrogens is 3. The summed E-state index contributed by atoms with van der Waals surface area (Å²) in [5.41, 5.74) is 1.23. The minimum absolute atomic E-state index is 0.123. The Labute approximate surface area is 210 Å². The van der Waals surface area contributed by atoms with E-state index in [1.807, 2.05) is 0 Å². The van der Waals surface area contributed by atoms with Crippen molar-refractivity contribution in [2.45, 2.75) is 35.5 Å². The van der Waals surface area contributed by atoms with E-state index in [0.29, 0.717) is 47.6 Å². The van der Waals surface area contributed by atoms with Gasteiger partial charge in [-0.15, -0.1) is 0 Å². The van der Waals surface area contributed by atoms with Crippen LogP contribution in [-0.4, -0.2) is 54.7 Å². The maximum Gasteiger partial charge on any atom is 0.416 e. The maximum atomic E-state index is 13.2. The Balaban J connectivity index is 1.23. The number of halogens is 3. The largest absolute Gasteiger partial charge is 0.416 e. The molecule has 1 atom stereocenters. The number of rotatable bonds is 6. The van der Waals surface area contributed by atoms with Crippen molar-refractivity contribution in [3.63, 3.8) is 0 Å². The van der Waals surface area contributed by atoms with E-state index in [2.05, 4.69) is 36.4 Å². The minimum Gasteiger partial charge on any atom is -0.353 e. The predicted octanol–water partition coefficient (Wildman–Crippen LogP) is 3.47. The summed E-state index contributed by atoms with van der Waals surface area (Å²) in [6, 6.07) is 8.55. The van der Waals surface area contributed by atoms with E-state index < -0.39 is 27.9 Å². The molecule has 3 heterocycles. The number of H-pyrrole nitrogens is 1. The van der Waals surface area contributed by atoms with E-state index in [-0.39, 0.29) is 16.3 Å². The topological polar surface area (TPSA) is 124 Å². The molecule has 9 nitrogen and oxygen atoms in total. The van der Waals surface area contributed by atoms with Crippen LogP contribution < -0.4 is 16.0 Å². The second-order valence-electron chi connectivity index (χ2n) is 8.74. The molecule has 1 saturated heterocycles. The van der Waals surface area contributed by atoms with Gasteiger partial charge in [0.15, 0.2) is 16.1 Å².